The largest absolute Gasteiger partial charge is 0.452 e. The molecular weight excluding hydrogens is 463 g/mol. The highest BCUT2D eigenvalue weighted by Crippen LogP contribution is 2.24. The second-order valence-electron chi connectivity index (χ2n) is 6.37. The third kappa shape index (κ3) is 6.07. The van der Waals surface area contributed by atoms with Gasteiger partial charge in [0.2, 0.25) is 0 Å². The highest BCUT2D eigenvalue weighted by atomic mass is 35.5. The monoisotopic (exact) mass is 478 g/mol. The molecule has 2 aromatic heterocycles. The lowest BCUT2D eigenvalue weighted by Crippen LogP contribution is -2.20. The molecule has 0 unspecified atom stereocenters. The third-order valence-electron chi connectivity index (χ3n) is 4.15. The summed E-state index contributed by atoms with van der Waals surface area (Å²) in [5.41, 5.74) is 2.39. The summed E-state index contributed by atoms with van der Waals surface area (Å²) in [6.45, 7) is 1.67. The maximum Gasteiger partial charge on any atom is 0.331 e. The molecule has 0 aliphatic carbocycles. The van der Waals surface area contributed by atoms with Crippen molar-refractivity contribution in [2.45, 2.75) is 13.5 Å². The number of aryl methyl sites for hydroxylation is 1. The number of halogens is 3. The van der Waals surface area contributed by atoms with E-state index in [0.29, 0.717) is 33.7 Å². The summed E-state index contributed by atoms with van der Waals surface area (Å²) in [6, 6.07) is 10.6. The molecule has 0 atom stereocenters. The van der Waals surface area contributed by atoms with Crippen molar-refractivity contribution < 1.29 is 14.3 Å². The Morgan fingerprint density at radius 3 is 2.68 bits per heavy atom. The maximum absolute atomic E-state index is 12.0. The molecule has 7 nitrogen and oxygen atoms in total. The summed E-state index contributed by atoms with van der Waals surface area (Å²) in [5.74, 6) is -1.25. The molecule has 10 heteroatoms. The SMILES string of the molecule is Cc1nn(Cc2ccccc2Cl)c(Cl)c1/C=C/C(=O)OCC(=O)Nc1cccnc1Cl. The second kappa shape index (κ2) is 10.4. The van der Waals surface area contributed by atoms with Gasteiger partial charge in [-0.05, 0) is 36.8 Å². The quantitative estimate of drug-likeness (QED) is 0.299. The lowest BCUT2D eigenvalue weighted by atomic mass is 10.2. The first-order valence-electron chi connectivity index (χ1n) is 9.06. The van der Waals surface area contributed by atoms with E-state index in [1.807, 2.05) is 18.2 Å². The number of carbonyl (C=O) groups is 2. The van der Waals surface area contributed by atoms with E-state index in [-0.39, 0.29) is 5.15 Å². The number of nitrogens with zero attached hydrogens (tertiary/aromatic N) is 3. The van der Waals surface area contributed by atoms with Crippen LogP contribution in [-0.2, 0) is 20.9 Å². The number of ether oxygens (including phenoxy) is 1. The first-order chi connectivity index (χ1) is 14.8. The molecule has 1 N–H and O–H groups in total. The molecule has 0 saturated carbocycles. The summed E-state index contributed by atoms with van der Waals surface area (Å²) < 4.78 is 6.54. The van der Waals surface area contributed by atoms with E-state index >= 15 is 0 Å². The first kappa shape index (κ1) is 22.8. The number of hydrogen-bond acceptors (Lipinski definition) is 5. The van der Waals surface area contributed by atoms with Gasteiger partial charge in [-0.2, -0.15) is 5.10 Å². The number of carbonyl (C=O) groups excluding carboxylic acids is 2. The van der Waals surface area contributed by atoms with Crippen molar-refractivity contribution >= 4 is 58.4 Å². The summed E-state index contributed by atoms with van der Waals surface area (Å²) in [7, 11) is 0. The van der Waals surface area contributed by atoms with Gasteiger partial charge >= 0.3 is 5.97 Å². The van der Waals surface area contributed by atoms with Gasteiger partial charge in [0.1, 0.15) is 5.15 Å². The Bertz CT molecular complexity index is 1140. The zero-order chi connectivity index (χ0) is 22.4. The smallest absolute Gasteiger partial charge is 0.331 e. The minimum Gasteiger partial charge on any atom is -0.452 e. The molecule has 0 spiro atoms. The molecule has 3 aromatic rings. The fraction of sp³-hybridized carbons (Fsp3) is 0.143. The van der Waals surface area contributed by atoms with Gasteiger partial charge in [-0.15, -0.1) is 0 Å². The number of rotatable bonds is 7. The molecule has 2 heterocycles. The zero-order valence-corrected chi connectivity index (χ0v) is 18.6. The predicted molar refractivity (Wildman–Crippen MR) is 120 cm³/mol. The fourth-order valence-electron chi connectivity index (χ4n) is 2.65. The van der Waals surface area contributed by atoms with Crippen LogP contribution in [-0.4, -0.2) is 33.2 Å². The van der Waals surface area contributed by atoms with E-state index in [4.69, 9.17) is 39.5 Å². The van der Waals surface area contributed by atoms with Crippen LogP contribution in [0.3, 0.4) is 0 Å². The number of anilines is 1. The van der Waals surface area contributed by atoms with Gasteiger partial charge in [-0.25, -0.2) is 14.5 Å². The molecule has 0 aliphatic heterocycles. The Kier molecular flexibility index (Phi) is 7.68. The number of pyridine rings is 1. The van der Waals surface area contributed by atoms with Gasteiger partial charge in [0.05, 0.1) is 17.9 Å². The lowest BCUT2D eigenvalue weighted by molar-refractivity contribution is -0.142. The Morgan fingerprint density at radius 2 is 1.94 bits per heavy atom. The van der Waals surface area contributed by atoms with Gasteiger partial charge in [0, 0.05) is 22.9 Å². The molecule has 0 saturated heterocycles. The van der Waals surface area contributed by atoms with Crippen molar-refractivity contribution in [3.63, 3.8) is 0 Å². The minimum atomic E-state index is -0.707. The Hall–Kier alpha value is -2.87. The summed E-state index contributed by atoms with van der Waals surface area (Å²) >= 11 is 18.5. The predicted octanol–water partition coefficient (Wildman–Crippen LogP) is 4.79. The zero-order valence-electron chi connectivity index (χ0n) is 16.3. The fourth-order valence-corrected chi connectivity index (χ4v) is 3.31. The van der Waals surface area contributed by atoms with Crippen LogP contribution in [0.25, 0.3) is 6.08 Å². The van der Waals surface area contributed by atoms with E-state index in [1.54, 1.807) is 29.8 Å². The van der Waals surface area contributed by atoms with Gasteiger partial charge in [0.15, 0.2) is 11.8 Å². The molecule has 0 radical (unpaired) electrons. The van der Waals surface area contributed by atoms with E-state index in [2.05, 4.69) is 15.4 Å². The van der Waals surface area contributed by atoms with Crippen molar-refractivity contribution in [1.29, 1.82) is 0 Å². The van der Waals surface area contributed by atoms with Crippen LogP contribution in [0.4, 0.5) is 5.69 Å². The molecule has 160 valence electrons. The normalized spacial score (nSPS) is 11.0. The number of hydrogen-bond donors (Lipinski definition) is 1. The second-order valence-corrected chi connectivity index (χ2v) is 7.49. The number of aromatic nitrogens is 3. The number of nitrogens with one attached hydrogen (secondary N) is 1. The molecule has 3 rings (SSSR count). The van der Waals surface area contributed by atoms with Crippen molar-refractivity contribution in [2.24, 2.45) is 0 Å². The molecule has 1 amide bonds. The highest BCUT2D eigenvalue weighted by Gasteiger charge is 2.14. The number of amides is 1. The van der Waals surface area contributed by atoms with Crippen molar-refractivity contribution in [1.82, 2.24) is 14.8 Å². The molecule has 0 fully saturated rings. The van der Waals surface area contributed by atoms with Crippen molar-refractivity contribution in [3.8, 4) is 0 Å². The maximum atomic E-state index is 12.0. The van der Waals surface area contributed by atoms with E-state index < -0.39 is 18.5 Å². The van der Waals surface area contributed by atoms with Gasteiger partial charge in [-0.3, -0.25) is 4.79 Å². The van der Waals surface area contributed by atoms with Crippen LogP contribution in [0.2, 0.25) is 15.3 Å². The van der Waals surface area contributed by atoms with Gasteiger partial charge in [0.25, 0.3) is 5.91 Å². The highest BCUT2D eigenvalue weighted by molar-refractivity contribution is 6.32. The standard InChI is InChI=1S/C21H17Cl3N4O3/c1-13-15(21(24)28(27-13)11-14-5-2-3-6-16(14)22)8-9-19(30)31-12-18(29)26-17-7-4-10-25-20(17)23/h2-10H,11-12H2,1H3,(H,26,29)/b9-8+. The van der Waals surface area contributed by atoms with Gasteiger partial charge in [-0.1, -0.05) is 53.0 Å². The summed E-state index contributed by atoms with van der Waals surface area (Å²) in [6.07, 6.45) is 4.17. The Labute approximate surface area is 193 Å². The number of benzene rings is 1. The third-order valence-corrected chi connectivity index (χ3v) is 5.22. The van der Waals surface area contributed by atoms with Crippen molar-refractivity contribution in [2.75, 3.05) is 11.9 Å². The summed E-state index contributed by atoms with van der Waals surface area (Å²) in [4.78, 5) is 27.7. The van der Waals surface area contributed by atoms with Crippen LogP contribution in [0.1, 0.15) is 16.8 Å². The lowest BCUT2D eigenvalue weighted by Gasteiger charge is -2.06. The number of esters is 1. The summed E-state index contributed by atoms with van der Waals surface area (Å²) in [5, 5.41) is 8.00. The molecule has 31 heavy (non-hydrogen) atoms. The van der Waals surface area contributed by atoms with E-state index in [0.717, 1.165) is 5.56 Å². The van der Waals surface area contributed by atoms with Crippen LogP contribution in [0.5, 0.6) is 0 Å². The van der Waals surface area contributed by atoms with E-state index in [9.17, 15) is 9.59 Å². The molecule has 0 aliphatic rings. The Balaban J connectivity index is 1.59. The van der Waals surface area contributed by atoms with Crippen LogP contribution in [0.15, 0.2) is 48.7 Å². The Morgan fingerprint density at radius 1 is 1.16 bits per heavy atom. The van der Waals surface area contributed by atoms with Crippen LogP contribution >= 0.6 is 34.8 Å². The molecule has 1 aromatic carbocycles. The van der Waals surface area contributed by atoms with E-state index in [1.165, 1.54) is 18.3 Å². The molecular formula is C21H17Cl3N4O3. The minimum absolute atomic E-state index is 0.140. The van der Waals surface area contributed by atoms with Crippen LogP contribution < -0.4 is 5.32 Å². The topological polar surface area (TPSA) is 86.1 Å². The average Bonchev–Trinajstić information content (AvgIpc) is 3.01. The molecule has 0 bridgehead atoms. The van der Waals surface area contributed by atoms with Crippen molar-refractivity contribution in [3.05, 3.63) is 80.8 Å². The average molecular weight is 480 g/mol. The van der Waals surface area contributed by atoms with Crippen LogP contribution in [0, 0.1) is 6.92 Å². The van der Waals surface area contributed by atoms with Gasteiger partial charge < -0.3 is 10.1 Å². The first-order valence-corrected chi connectivity index (χ1v) is 10.2.